The maximum atomic E-state index is 4.60. The number of fused-ring (bicyclic) bond motifs is 1. The first-order chi connectivity index (χ1) is 12.9. The van der Waals surface area contributed by atoms with E-state index in [9.17, 15) is 0 Å². The molecule has 0 saturated carbocycles. The molecule has 0 amide bonds. The van der Waals surface area contributed by atoms with Gasteiger partial charge in [0.25, 0.3) is 0 Å². The van der Waals surface area contributed by atoms with Gasteiger partial charge in [-0.3, -0.25) is 4.98 Å². The topological polar surface area (TPSA) is 53.1 Å². The highest BCUT2D eigenvalue weighted by molar-refractivity contribution is 6.02. The molecule has 0 spiro atoms. The fourth-order valence-corrected chi connectivity index (χ4v) is 3.68. The normalized spacial score (nSPS) is 16.5. The summed E-state index contributed by atoms with van der Waals surface area (Å²) in [7, 11) is 0. The minimum absolute atomic E-state index is 0.136. The fourth-order valence-electron chi connectivity index (χ4n) is 3.68. The summed E-state index contributed by atoms with van der Waals surface area (Å²) >= 11 is 0. The Morgan fingerprint density at radius 2 is 1.65 bits per heavy atom. The standard InChI is InChI=1S/C22H18N4/c1-2-7-15(8-3-1)22-21(17-10-4-5-11-18(17)24-22)20-13-19(25-26-20)16-9-6-12-23-14-16/h1-12,14,20,24,26H,13H2. The number of aromatic nitrogens is 2. The highest BCUT2D eigenvalue weighted by Crippen LogP contribution is 2.37. The van der Waals surface area contributed by atoms with E-state index in [0.29, 0.717) is 0 Å². The zero-order chi connectivity index (χ0) is 17.3. The van der Waals surface area contributed by atoms with E-state index in [1.54, 1.807) is 6.20 Å². The lowest BCUT2D eigenvalue weighted by atomic mass is 9.95. The van der Waals surface area contributed by atoms with Gasteiger partial charge in [0.1, 0.15) is 0 Å². The average Bonchev–Trinajstić information content (AvgIpc) is 3.34. The molecule has 26 heavy (non-hydrogen) atoms. The summed E-state index contributed by atoms with van der Waals surface area (Å²) < 4.78 is 0. The zero-order valence-corrected chi connectivity index (χ0v) is 14.2. The van der Waals surface area contributed by atoms with Gasteiger partial charge in [0.05, 0.1) is 17.4 Å². The van der Waals surface area contributed by atoms with Crippen molar-refractivity contribution in [1.82, 2.24) is 15.4 Å². The van der Waals surface area contributed by atoms with Crippen LogP contribution in [0, 0.1) is 0 Å². The molecule has 2 N–H and O–H groups in total. The molecule has 1 aliphatic heterocycles. The molecule has 1 unspecified atom stereocenters. The maximum absolute atomic E-state index is 4.60. The summed E-state index contributed by atoms with van der Waals surface area (Å²) in [4.78, 5) is 7.83. The third-order valence-corrected chi connectivity index (χ3v) is 4.90. The summed E-state index contributed by atoms with van der Waals surface area (Å²) in [5.41, 5.74) is 10.2. The van der Waals surface area contributed by atoms with E-state index in [0.717, 1.165) is 28.9 Å². The largest absolute Gasteiger partial charge is 0.354 e. The predicted octanol–water partition coefficient (Wildman–Crippen LogP) is 4.67. The number of nitrogens with zero attached hydrogens (tertiary/aromatic N) is 2. The van der Waals surface area contributed by atoms with Crippen LogP contribution in [-0.4, -0.2) is 15.7 Å². The first-order valence-electron chi connectivity index (χ1n) is 8.78. The number of H-pyrrole nitrogens is 1. The highest BCUT2D eigenvalue weighted by Gasteiger charge is 2.27. The predicted molar refractivity (Wildman–Crippen MR) is 105 cm³/mol. The van der Waals surface area contributed by atoms with Gasteiger partial charge in [-0.25, -0.2) is 0 Å². The number of pyridine rings is 1. The number of hydrazone groups is 1. The van der Waals surface area contributed by atoms with E-state index in [4.69, 9.17) is 0 Å². The Morgan fingerprint density at radius 3 is 2.50 bits per heavy atom. The van der Waals surface area contributed by atoms with E-state index >= 15 is 0 Å². The first-order valence-corrected chi connectivity index (χ1v) is 8.78. The van der Waals surface area contributed by atoms with Crippen LogP contribution in [0.1, 0.15) is 23.6 Å². The van der Waals surface area contributed by atoms with Crippen LogP contribution in [0.25, 0.3) is 22.2 Å². The molecule has 0 fully saturated rings. The van der Waals surface area contributed by atoms with Gasteiger partial charge in [0.15, 0.2) is 0 Å². The molecule has 2 aromatic heterocycles. The second-order valence-corrected chi connectivity index (χ2v) is 6.51. The Labute approximate surface area is 151 Å². The second kappa shape index (κ2) is 6.15. The minimum atomic E-state index is 0.136. The van der Waals surface area contributed by atoms with Crippen LogP contribution in [0.3, 0.4) is 0 Å². The Bertz CT molecular complexity index is 1080. The van der Waals surface area contributed by atoms with Crippen molar-refractivity contribution in [2.75, 3.05) is 0 Å². The lowest BCUT2D eigenvalue weighted by Gasteiger charge is -2.13. The third kappa shape index (κ3) is 2.47. The molecule has 2 aromatic carbocycles. The summed E-state index contributed by atoms with van der Waals surface area (Å²) in [5.74, 6) is 0. The molecule has 4 aromatic rings. The molecule has 0 bridgehead atoms. The van der Waals surface area contributed by atoms with Crippen molar-refractivity contribution in [3.8, 4) is 11.3 Å². The molecule has 126 valence electrons. The van der Waals surface area contributed by atoms with Gasteiger partial charge in [-0.15, -0.1) is 0 Å². The molecule has 4 nitrogen and oxygen atoms in total. The van der Waals surface area contributed by atoms with Crippen molar-refractivity contribution in [2.45, 2.75) is 12.5 Å². The molecule has 5 rings (SSSR count). The van der Waals surface area contributed by atoms with Gasteiger partial charge in [-0.1, -0.05) is 54.6 Å². The maximum Gasteiger partial charge on any atom is 0.0772 e. The van der Waals surface area contributed by atoms with Gasteiger partial charge >= 0.3 is 0 Å². The lowest BCUT2D eigenvalue weighted by molar-refractivity contribution is 0.625. The minimum Gasteiger partial charge on any atom is -0.354 e. The van der Waals surface area contributed by atoms with Gasteiger partial charge in [-0.05, 0) is 17.7 Å². The van der Waals surface area contributed by atoms with E-state index in [1.165, 1.54) is 16.5 Å². The highest BCUT2D eigenvalue weighted by atomic mass is 15.3. The number of benzene rings is 2. The first kappa shape index (κ1) is 14.9. The number of nitrogens with one attached hydrogen (secondary N) is 2. The van der Waals surface area contributed by atoms with Crippen molar-refractivity contribution >= 4 is 16.6 Å². The van der Waals surface area contributed by atoms with E-state index in [2.05, 4.69) is 75.1 Å². The van der Waals surface area contributed by atoms with Crippen LogP contribution >= 0.6 is 0 Å². The van der Waals surface area contributed by atoms with Crippen LogP contribution in [0.2, 0.25) is 0 Å². The van der Waals surface area contributed by atoms with E-state index < -0.39 is 0 Å². The van der Waals surface area contributed by atoms with Crippen molar-refractivity contribution < 1.29 is 0 Å². The summed E-state index contributed by atoms with van der Waals surface area (Å²) in [6.45, 7) is 0. The summed E-state index contributed by atoms with van der Waals surface area (Å²) in [5, 5.41) is 5.84. The Balaban J connectivity index is 1.59. The third-order valence-electron chi connectivity index (χ3n) is 4.90. The molecule has 4 heteroatoms. The molecular weight excluding hydrogens is 320 g/mol. The summed E-state index contributed by atoms with van der Waals surface area (Å²) in [6.07, 6.45) is 4.50. The van der Waals surface area contributed by atoms with E-state index in [-0.39, 0.29) is 6.04 Å². The van der Waals surface area contributed by atoms with Crippen molar-refractivity contribution in [3.05, 3.63) is 90.3 Å². The Hall–Kier alpha value is -3.40. The number of para-hydroxylation sites is 1. The molecule has 0 radical (unpaired) electrons. The van der Waals surface area contributed by atoms with Crippen molar-refractivity contribution in [2.24, 2.45) is 5.10 Å². The van der Waals surface area contributed by atoms with Gasteiger partial charge in [-0.2, -0.15) is 5.10 Å². The quantitative estimate of drug-likeness (QED) is 0.570. The van der Waals surface area contributed by atoms with Gasteiger partial charge in [0, 0.05) is 40.8 Å². The number of hydrogen-bond donors (Lipinski definition) is 2. The average molecular weight is 338 g/mol. The van der Waals surface area contributed by atoms with Crippen LogP contribution < -0.4 is 5.43 Å². The van der Waals surface area contributed by atoms with Crippen LogP contribution in [-0.2, 0) is 0 Å². The zero-order valence-electron chi connectivity index (χ0n) is 14.2. The molecule has 0 aliphatic carbocycles. The molecule has 0 saturated heterocycles. The fraction of sp³-hybridized carbons (Fsp3) is 0.0909. The molecular formula is C22H18N4. The lowest BCUT2D eigenvalue weighted by Crippen LogP contribution is -2.10. The number of hydrogen-bond acceptors (Lipinski definition) is 3. The Morgan fingerprint density at radius 1 is 0.846 bits per heavy atom. The van der Waals surface area contributed by atoms with Crippen LogP contribution in [0.5, 0.6) is 0 Å². The van der Waals surface area contributed by atoms with Gasteiger partial charge in [0.2, 0.25) is 0 Å². The Kier molecular flexibility index (Phi) is 3.53. The molecule has 3 heterocycles. The monoisotopic (exact) mass is 338 g/mol. The van der Waals surface area contributed by atoms with Crippen molar-refractivity contribution in [1.29, 1.82) is 0 Å². The smallest absolute Gasteiger partial charge is 0.0772 e. The van der Waals surface area contributed by atoms with Crippen LogP contribution in [0.15, 0.2) is 84.2 Å². The summed E-state index contributed by atoms with van der Waals surface area (Å²) in [6, 6.07) is 23.1. The number of aromatic amines is 1. The SMILES string of the molecule is c1ccc(-c2[nH]c3ccccc3c2C2CC(c3cccnc3)=NN2)cc1. The number of rotatable bonds is 3. The van der Waals surface area contributed by atoms with Crippen molar-refractivity contribution in [3.63, 3.8) is 0 Å². The van der Waals surface area contributed by atoms with E-state index in [1.807, 2.05) is 18.3 Å². The molecule has 1 atom stereocenters. The van der Waals surface area contributed by atoms with Gasteiger partial charge < -0.3 is 10.4 Å². The van der Waals surface area contributed by atoms with Crippen LogP contribution in [0.4, 0.5) is 0 Å². The molecule has 1 aliphatic rings. The second-order valence-electron chi connectivity index (χ2n) is 6.51.